The normalized spacial score (nSPS) is 12.0. The molecule has 0 fully saturated rings. The highest BCUT2D eigenvalue weighted by Crippen LogP contribution is 2.34. The molecule has 0 spiro atoms. The summed E-state index contributed by atoms with van der Waals surface area (Å²) in [5.74, 6) is 4.59. The molecule has 0 radical (unpaired) electrons. The first-order chi connectivity index (χ1) is 17.5. The molecular formula is C29H31N3O4. The van der Waals surface area contributed by atoms with Gasteiger partial charge in [0.1, 0.15) is 23.8 Å². The van der Waals surface area contributed by atoms with E-state index in [1.165, 1.54) is 0 Å². The molecule has 0 unspecified atom stereocenters. The van der Waals surface area contributed by atoms with Crippen molar-refractivity contribution < 1.29 is 19.0 Å². The predicted molar refractivity (Wildman–Crippen MR) is 138 cm³/mol. The maximum atomic E-state index is 10.7. The third-order valence-electron chi connectivity index (χ3n) is 5.65. The quantitative estimate of drug-likeness (QED) is 0.230. The van der Waals surface area contributed by atoms with Crippen molar-refractivity contribution in [3.63, 3.8) is 0 Å². The lowest BCUT2D eigenvalue weighted by Crippen LogP contribution is -2.34. The monoisotopic (exact) mass is 485 g/mol. The number of benzene rings is 2. The Balaban J connectivity index is 1.68. The summed E-state index contributed by atoms with van der Waals surface area (Å²) >= 11 is 0. The molecule has 0 aliphatic rings. The molecule has 0 amide bonds. The van der Waals surface area contributed by atoms with Gasteiger partial charge in [-0.25, -0.2) is 4.68 Å². The van der Waals surface area contributed by atoms with Crippen LogP contribution in [0.3, 0.4) is 0 Å². The largest absolute Gasteiger partial charge is 0.468 e. The van der Waals surface area contributed by atoms with Gasteiger partial charge in [-0.1, -0.05) is 48.4 Å². The fourth-order valence-electron chi connectivity index (χ4n) is 4.08. The van der Waals surface area contributed by atoms with Gasteiger partial charge in [-0.15, -0.1) is 6.42 Å². The zero-order chi connectivity index (χ0) is 25.3. The summed E-state index contributed by atoms with van der Waals surface area (Å²) in [5.41, 5.74) is 3.82. The fourth-order valence-corrected chi connectivity index (χ4v) is 4.08. The number of aromatic nitrogens is 2. The topological polar surface area (TPSA) is 72.9 Å². The van der Waals surface area contributed by atoms with Crippen molar-refractivity contribution in [2.24, 2.45) is 7.05 Å². The number of aryl methyl sites for hydroxylation is 2. The molecule has 0 saturated carbocycles. The number of terminal acetylenes is 1. The lowest BCUT2D eigenvalue weighted by molar-refractivity contribution is 0.0229. The van der Waals surface area contributed by atoms with Gasteiger partial charge in [0, 0.05) is 25.7 Å². The molecule has 2 aromatic heterocycles. The molecule has 0 aliphatic carbocycles. The van der Waals surface area contributed by atoms with E-state index in [1.54, 1.807) is 10.9 Å². The minimum Gasteiger partial charge on any atom is -0.468 e. The Kier molecular flexibility index (Phi) is 8.58. The molecule has 36 heavy (non-hydrogen) atoms. The van der Waals surface area contributed by atoms with Crippen LogP contribution >= 0.6 is 0 Å². The number of hydrogen-bond acceptors (Lipinski definition) is 6. The average molecular weight is 486 g/mol. The maximum absolute atomic E-state index is 10.7. The van der Waals surface area contributed by atoms with E-state index in [-0.39, 0.29) is 13.2 Å². The highest BCUT2D eigenvalue weighted by Gasteiger charge is 2.24. The number of nitrogens with zero attached hydrogens (tertiary/aromatic N) is 3. The third-order valence-corrected chi connectivity index (χ3v) is 5.65. The van der Waals surface area contributed by atoms with Crippen LogP contribution in [0.1, 0.15) is 16.9 Å². The number of furan rings is 1. The van der Waals surface area contributed by atoms with Crippen LogP contribution in [-0.4, -0.2) is 45.6 Å². The Hall–Kier alpha value is -3.83. The Morgan fingerprint density at radius 2 is 1.94 bits per heavy atom. The van der Waals surface area contributed by atoms with Gasteiger partial charge in [-0.05, 0) is 36.8 Å². The van der Waals surface area contributed by atoms with Crippen LogP contribution in [0.5, 0.6) is 11.6 Å². The zero-order valence-electron chi connectivity index (χ0n) is 20.6. The molecule has 0 saturated heterocycles. The van der Waals surface area contributed by atoms with Crippen molar-refractivity contribution in [1.29, 1.82) is 0 Å². The molecule has 0 aliphatic heterocycles. The average Bonchev–Trinajstić information content (AvgIpc) is 3.48. The fraction of sp³-hybridized carbons (Fsp3) is 0.276. The summed E-state index contributed by atoms with van der Waals surface area (Å²) in [4.78, 5) is 2.09. The number of aliphatic hydroxyl groups excluding tert-OH is 1. The molecule has 7 nitrogen and oxygen atoms in total. The van der Waals surface area contributed by atoms with Crippen LogP contribution in [0, 0.1) is 19.3 Å². The Morgan fingerprint density at radius 3 is 2.67 bits per heavy atom. The van der Waals surface area contributed by atoms with Gasteiger partial charge in [-0.2, -0.15) is 5.10 Å². The first-order valence-electron chi connectivity index (χ1n) is 11.8. The minimum atomic E-state index is -0.730. The van der Waals surface area contributed by atoms with Crippen molar-refractivity contribution >= 4 is 0 Å². The minimum absolute atomic E-state index is 0.143. The number of rotatable bonds is 12. The van der Waals surface area contributed by atoms with E-state index in [4.69, 9.17) is 25.4 Å². The standard InChI is InChI=1S/C29H31N3O4/c1-4-15-34-21-24(33)18-32(19-26-14-9-16-35-26)20-27-28(23-11-6-5-7-12-23)30-31(3)29(27)36-25-13-8-10-22(2)17-25/h1,5-14,16-17,24,33H,15,18-21H2,2-3H3/t24-/m0/s1. The van der Waals surface area contributed by atoms with E-state index in [9.17, 15) is 5.11 Å². The van der Waals surface area contributed by atoms with Crippen LogP contribution in [0.4, 0.5) is 0 Å². The van der Waals surface area contributed by atoms with Crippen LogP contribution in [0.15, 0.2) is 77.4 Å². The van der Waals surface area contributed by atoms with Crippen LogP contribution < -0.4 is 4.74 Å². The summed E-state index contributed by atoms with van der Waals surface area (Å²) in [6.07, 6.45) is 6.18. The summed E-state index contributed by atoms with van der Waals surface area (Å²) in [7, 11) is 1.88. The summed E-state index contributed by atoms with van der Waals surface area (Å²) < 4.78 is 19.1. The highest BCUT2D eigenvalue weighted by atomic mass is 16.5. The van der Waals surface area contributed by atoms with Crippen LogP contribution in [-0.2, 0) is 24.9 Å². The van der Waals surface area contributed by atoms with Crippen molar-refractivity contribution in [3.05, 3.63) is 89.9 Å². The third kappa shape index (κ3) is 6.64. The Labute approximate surface area is 211 Å². The molecule has 4 rings (SSSR count). The lowest BCUT2D eigenvalue weighted by atomic mass is 10.1. The molecule has 1 atom stereocenters. The van der Waals surface area contributed by atoms with Crippen LogP contribution in [0.25, 0.3) is 11.3 Å². The molecule has 2 aromatic carbocycles. The van der Waals surface area contributed by atoms with Crippen molar-refractivity contribution in [1.82, 2.24) is 14.7 Å². The number of aliphatic hydroxyl groups is 1. The van der Waals surface area contributed by atoms with Gasteiger partial charge in [0.25, 0.3) is 0 Å². The van der Waals surface area contributed by atoms with E-state index in [2.05, 4.69) is 10.8 Å². The summed E-state index contributed by atoms with van der Waals surface area (Å²) in [6.45, 7) is 3.63. The second kappa shape index (κ2) is 12.2. The van der Waals surface area contributed by atoms with E-state index < -0.39 is 6.10 Å². The molecule has 7 heteroatoms. The SMILES string of the molecule is C#CCOC[C@@H](O)CN(Cc1ccco1)Cc1c(-c2ccccc2)nn(C)c1Oc1cccc(C)c1. The molecular weight excluding hydrogens is 454 g/mol. The summed E-state index contributed by atoms with van der Waals surface area (Å²) in [5, 5.41) is 15.5. The van der Waals surface area contributed by atoms with Gasteiger partial charge in [-0.3, -0.25) is 4.90 Å². The first kappa shape index (κ1) is 25.3. The Bertz CT molecular complexity index is 1280. The lowest BCUT2D eigenvalue weighted by Gasteiger charge is -2.24. The van der Waals surface area contributed by atoms with Gasteiger partial charge in [0.2, 0.25) is 5.88 Å². The van der Waals surface area contributed by atoms with E-state index >= 15 is 0 Å². The van der Waals surface area contributed by atoms with Gasteiger partial charge in [0.05, 0.1) is 31.1 Å². The van der Waals surface area contributed by atoms with Gasteiger partial charge >= 0.3 is 0 Å². The smallest absolute Gasteiger partial charge is 0.222 e. The summed E-state index contributed by atoms with van der Waals surface area (Å²) in [6, 6.07) is 21.7. The van der Waals surface area contributed by atoms with Crippen LogP contribution in [0.2, 0.25) is 0 Å². The van der Waals surface area contributed by atoms with Crippen molar-refractivity contribution in [2.45, 2.75) is 26.1 Å². The maximum Gasteiger partial charge on any atom is 0.222 e. The molecule has 2 heterocycles. The zero-order valence-corrected chi connectivity index (χ0v) is 20.6. The van der Waals surface area contributed by atoms with Crippen molar-refractivity contribution in [3.8, 4) is 35.2 Å². The van der Waals surface area contributed by atoms with Gasteiger partial charge in [0.15, 0.2) is 0 Å². The van der Waals surface area contributed by atoms with E-state index in [1.807, 2.05) is 80.7 Å². The molecule has 0 bridgehead atoms. The Morgan fingerprint density at radius 1 is 1.11 bits per heavy atom. The van der Waals surface area contributed by atoms with Crippen molar-refractivity contribution in [2.75, 3.05) is 19.8 Å². The first-order valence-corrected chi connectivity index (χ1v) is 11.8. The predicted octanol–water partition coefficient (Wildman–Crippen LogP) is 4.79. The highest BCUT2D eigenvalue weighted by molar-refractivity contribution is 5.65. The second-order valence-electron chi connectivity index (χ2n) is 8.66. The number of hydrogen-bond donors (Lipinski definition) is 1. The molecule has 1 N–H and O–H groups in total. The second-order valence-corrected chi connectivity index (χ2v) is 8.66. The van der Waals surface area contributed by atoms with E-state index in [0.29, 0.717) is 25.5 Å². The molecule has 186 valence electrons. The van der Waals surface area contributed by atoms with E-state index in [0.717, 1.165) is 33.9 Å². The molecule has 4 aromatic rings. The van der Waals surface area contributed by atoms with Gasteiger partial charge < -0.3 is 19.0 Å². The number of ether oxygens (including phenoxy) is 2.